The molecule has 22 heavy (non-hydrogen) atoms. The molecule has 0 aliphatic rings. The summed E-state index contributed by atoms with van der Waals surface area (Å²) in [5, 5.41) is 18.7. The minimum absolute atomic E-state index is 0.199. The van der Waals surface area contributed by atoms with Crippen LogP contribution < -0.4 is 9.47 Å². The van der Waals surface area contributed by atoms with E-state index < -0.39 is 0 Å². The van der Waals surface area contributed by atoms with Gasteiger partial charge in [-0.3, -0.25) is 0 Å². The lowest BCUT2D eigenvalue weighted by atomic mass is 10.1. The van der Waals surface area contributed by atoms with E-state index in [1.54, 1.807) is 26.4 Å². The Hall–Kier alpha value is -2.36. The molecule has 2 aromatic rings. The lowest BCUT2D eigenvalue weighted by Crippen LogP contribution is -1.87. The average Bonchev–Trinajstić information content (AvgIpc) is 2.56. The van der Waals surface area contributed by atoms with Crippen molar-refractivity contribution < 1.29 is 19.7 Å². The van der Waals surface area contributed by atoms with Crippen molar-refractivity contribution in [1.82, 2.24) is 0 Å². The number of benzene rings is 2. The third-order valence-corrected chi connectivity index (χ3v) is 3.34. The molecule has 0 aromatic heterocycles. The monoisotopic (exact) mass is 304 g/mol. The molecule has 0 saturated heterocycles. The Bertz CT molecular complexity index is 569. The smallest absolute Gasteiger partial charge is 0.160 e. The fourth-order valence-electron chi connectivity index (χ4n) is 1.96. The van der Waals surface area contributed by atoms with Crippen LogP contribution in [0.3, 0.4) is 0 Å². The molecular formula is C18H24O4. The number of aryl methyl sites for hydroxylation is 2. The van der Waals surface area contributed by atoms with Crippen LogP contribution in [0.2, 0.25) is 0 Å². The molecule has 0 spiro atoms. The number of hydrogen-bond donors (Lipinski definition) is 2. The Balaban J connectivity index is 0.000000220. The van der Waals surface area contributed by atoms with E-state index in [1.807, 2.05) is 31.2 Å². The zero-order valence-electron chi connectivity index (χ0n) is 13.6. The fourth-order valence-corrected chi connectivity index (χ4v) is 1.96. The van der Waals surface area contributed by atoms with Crippen LogP contribution >= 0.6 is 0 Å². The van der Waals surface area contributed by atoms with Crippen LogP contribution in [-0.2, 0) is 12.8 Å². The summed E-state index contributed by atoms with van der Waals surface area (Å²) in [7, 11) is 3.10. The molecule has 0 saturated carbocycles. The second kappa shape index (κ2) is 8.82. The molecule has 0 atom stereocenters. The number of hydrogen-bond acceptors (Lipinski definition) is 4. The normalized spacial score (nSPS) is 9.64. The quantitative estimate of drug-likeness (QED) is 0.898. The molecule has 2 rings (SSSR count). The first-order valence-corrected chi connectivity index (χ1v) is 7.28. The van der Waals surface area contributed by atoms with Gasteiger partial charge in [0, 0.05) is 0 Å². The summed E-state index contributed by atoms with van der Waals surface area (Å²) < 4.78 is 9.87. The second-order valence-electron chi connectivity index (χ2n) is 4.68. The highest BCUT2D eigenvalue weighted by Crippen LogP contribution is 2.29. The maximum absolute atomic E-state index is 9.46. The van der Waals surface area contributed by atoms with E-state index in [1.165, 1.54) is 5.56 Å². The van der Waals surface area contributed by atoms with Gasteiger partial charge in [0.15, 0.2) is 23.0 Å². The molecular weight excluding hydrogens is 280 g/mol. The zero-order chi connectivity index (χ0) is 16.5. The summed E-state index contributed by atoms with van der Waals surface area (Å²) in [6.45, 7) is 4.06. The van der Waals surface area contributed by atoms with Crippen molar-refractivity contribution in [3.8, 4) is 23.0 Å². The molecule has 0 aliphatic heterocycles. The molecule has 2 aromatic carbocycles. The van der Waals surface area contributed by atoms with Gasteiger partial charge >= 0.3 is 0 Å². The second-order valence-corrected chi connectivity index (χ2v) is 4.68. The number of para-hydroxylation sites is 1. The Kier molecular flexibility index (Phi) is 7.09. The maximum Gasteiger partial charge on any atom is 0.160 e. The summed E-state index contributed by atoms with van der Waals surface area (Å²) in [5.41, 5.74) is 2.09. The maximum atomic E-state index is 9.46. The van der Waals surface area contributed by atoms with Gasteiger partial charge in [-0.25, -0.2) is 0 Å². The number of methoxy groups -OCH3 is 2. The minimum Gasteiger partial charge on any atom is -0.504 e. The summed E-state index contributed by atoms with van der Waals surface area (Å²) >= 11 is 0. The minimum atomic E-state index is 0.199. The van der Waals surface area contributed by atoms with Crippen molar-refractivity contribution in [3.05, 3.63) is 47.5 Å². The lowest BCUT2D eigenvalue weighted by molar-refractivity contribution is 0.371. The van der Waals surface area contributed by atoms with Gasteiger partial charge in [-0.05, 0) is 42.2 Å². The molecule has 0 bridgehead atoms. The highest BCUT2D eigenvalue weighted by atomic mass is 16.5. The van der Waals surface area contributed by atoms with Gasteiger partial charge in [0.2, 0.25) is 0 Å². The van der Waals surface area contributed by atoms with Gasteiger partial charge < -0.3 is 19.7 Å². The number of ether oxygens (including phenoxy) is 2. The highest BCUT2D eigenvalue weighted by molar-refractivity contribution is 5.45. The van der Waals surface area contributed by atoms with E-state index in [2.05, 4.69) is 6.92 Å². The van der Waals surface area contributed by atoms with Gasteiger partial charge in [-0.2, -0.15) is 0 Å². The van der Waals surface area contributed by atoms with Gasteiger partial charge in [0.05, 0.1) is 14.2 Å². The van der Waals surface area contributed by atoms with Gasteiger partial charge in [0.25, 0.3) is 0 Å². The van der Waals surface area contributed by atoms with Crippen LogP contribution in [-0.4, -0.2) is 24.4 Å². The largest absolute Gasteiger partial charge is 0.504 e. The van der Waals surface area contributed by atoms with E-state index in [-0.39, 0.29) is 11.5 Å². The molecule has 0 unspecified atom stereocenters. The third kappa shape index (κ3) is 4.58. The van der Waals surface area contributed by atoms with Crippen LogP contribution in [0.1, 0.15) is 25.0 Å². The first-order valence-electron chi connectivity index (χ1n) is 7.28. The first kappa shape index (κ1) is 17.7. The summed E-state index contributed by atoms with van der Waals surface area (Å²) in [6.07, 6.45) is 1.78. The summed E-state index contributed by atoms with van der Waals surface area (Å²) in [5.74, 6) is 1.55. The van der Waals surface area contributed by atoms with E-state index in [4.69, 9.17) is 9.47 Å². The number of phenols is 2. The topological polar surface area (TPSA) is 58.9 Å². The van der Waals surface area contributed by atoms with Crippen LogP contribution in [0.15, 0.2) is 36.4 Å². The Morgan fingerprint density at radius 1 is 0.864 bits per heavy atom. The van der Waals surface area contributed by atoms with Crippen LogP contribution in [0, 0.1) is 0 Å². The molecule has 4 heteroatoms. The molecule has 0 fully saturated rings. The summed E-state index contributed by atoms with van der Waals surface area (Å²) in [4.78, 5) is 0. The van der Waals surface area contributed by atoms with Crippen molar-refractivity contribution in [1.29, 1.82) is 0 Å². The zero-order valence-corrected chi connectivity index (χ0v) is 13.6. The van der Waals surface area contributed by atoms with Crippen LogP contribution in [0.4, 0.5) is 0 Å². The van der Waals surface area contributed by atoms with E-state index >= 15 is 0 Å². The molecule has 4 nitrogen and oxygen atoms in total. The predicted molar refractivity (Wildman–Crippen MR) is 88.1 cm³/mol. The molecule has 0 radical (unpaired) electrons. The Labute approximate surface area is 131 Å². The SMILES string of the molecule is CCc1ccc(O)c(OC)c1.CCc1cccc(OC)c1O. The third-order valence-electron chi connectivity index (χ3n) is 3.34. The van der Waals surface area contributed by atoms with Gasteiger partial charge in [-0.1, -0.05) is 32.0 Å². The molecule has 0 heterocycles. The van der Waals surface area contributed by atoms with Crippen LogP contribution in [0.25, 0.3) is 0 Å². The standard InChI is InChI=1S/2C9H12O2/c1-3-7-4-5-8(10)9(6-7)11-2;1-3-7-5-4-6-8(11-2)9(7)10/h2*4-6,10H,3H2,1-2H3. The molecule has 2 N–H and O–H groups in total. The van der Waals surface area contributed by atoms with Crippen molar-refractivity contribution in [2.45, 2.75) is 26.7 Å². The van der Waals surface area contributed by atoms with E-state index in [0.29, 0.717) is 11.5 Å². The number of phenolic OH excluding ortho intramolecular Hbond substituents is 2. The Morgan fingerprint density at radius 2 is 1.55 bits per heavy atom. The highest BCUT2D eigenvalue weighted by Gasteiger charge is 2.03. The van der Waals surface area contributed by atoms with Crippen molar-refractivity contribution in [2.24, 2.45) is 0 Å². The fraction of sp³-hybridized carbons (Fsp3) is 0.333. The predicted octanol–water partition coefficient (Wildman–Crippen LogP) is 3.93. The van der Waals surface area contributed by atoms with E-state index in [9.17, 15) is 10.2 Å². The van der Waals surface area contributed by atoms with Crippen molar-refractivity contribution in [2.75, 3.05) is 14.2 Å². The molecule has 0 aliphatic carbocycles. The van der Waals surface area contributed by atoms with Crippen LogP contribution in [0.5, 0.6) is 23.0 Å². The lowest BCUT2D eigenvalue weighted by Gasteiger charge is -2.05. The van der Waals surface area contributed by atoms with Crippen molar-refractivity contribution >= 4 is 0 Å². The Morgan fingerprint density at radius 3 is 2.09 bits per heavy atom. The average molecular weight is 304 g/mol. The van der Waals surface area contributed by atoms with E-state index in [0.717, 1.165) is 18.4 Å². The van der Waals surface area contributed by atoms with Gasteiger partial charge in [-0.15, -0.1) is 0 Å². The number of aromatic hydroxyl groups is 2. The molecule has 0 amide bonds. The van der Waals surface area contributed by atoms with Gasteiger partial charge in [0.1, 0.15) is 0 Å². The summed E-state index contributed by atoms with van der Waals surface area (Å²) in [6, 6.07) is 10.9. The van der Waals surface area contributed by atoms with Crippen molar-refractivity contribution in [3.63, 3.8) is 0 Å². The number of rotatable bonds is 4. The first-order chi connectivity index (χ1) is 10.6. The molecule has 120 valence electrons.